The van der Waals surface area contributed by atoms with Crippen LogP contribution in [-0.2, 0) is 4.79 Å². The first-order valence-electron chi connectivity index (χ1n) is 6.73. The Labute approximate surface area is 115 Å². The van der Waals surface area contributed by atoms with Gasteiger partial charge in [-0.15, -0.1) is 0 Å². The van der Waals surface area contributed by atoms with Crippen molar-refractivity contribution in [3.63, 3.8) is 0 Å². The fraction of sp³-hybridized carbons (Fsp3) is 0.533. The minimum Gasteiger partial charge on any atom is -0.385 e. The molecular weight excluding hydrogens is 238 g/mol. The third kappa shape index (κ3) is 5.75. The molecule has 0 aromatic heterocycles. The fourth-order valence-electron chi connectivity index (χ4n) is 1.59. The molecule has 4 heteroatoms. The molecule has 0 aliphatic rings. The van der Waals surface area contributed by atoms with Gasteiger partial charge in [-0.3, -0.25) is 4.79 Å². The topological polar surface area (TPSA) is 67.2 Å². The standard InChI is InChI=1S/C15H25N3O/c1-15(2,3)13(16)14(19)18-11-7-10-17-12-8-5-4-6-9-12/h4-6,8-9,13,17H,7,10-11,16H2,1-3H3,(H,18,19)/t13-/m1/s1. The highest BCUT2D eigenvalue weighted by Crippen LogP contribution is 2.17. The highest BCUT2D eigenvalue weighted by Gasteiger charge is 2.26. The predicted octanol–water partition coefficient (Wildman–Crippen LogP) is 1.98. The van der Waals surface area contributed by atoms with E-state index in [9.17, 15) is 4.79 Å². The summed E-state index contributed by atoms with van der Waals surface area (Å²) < 4.78 is 0. The largest absolute Gasteiger partial charge is 0.385 e. The molecule has 0 bridgehead atoms. The minimum atomic E-state index is -0.463. The Morgan fingerprint density at radius 3 is 2.42 bits per heavy atom. The average Bonchev–Trinajstić information content (AvgIpc) is 2.37. The van der Waals surface area contributed by atoms with Crippen molar-refractivity contribution in [2.24, 2.45) is 11.1 Å². The maximum atomic E-state index is 11.8. The smallest absolute Gasteiger partial charge is 0.237 e. The normalized spacial score (nSPS) is 12.8. The van der Waals surface area contributed by atoms with Gasteiger partial charge in [-0.2, -0.15) is 0 Å². The Morgan fingerprint density at radius 1 is 1.21 bits per heavy atom. The van der Waals surface area contributed by atoms with E-state index in [2.05, 4.69) is 10.6 Å². The van der Waals surface area contributed by atoms with Crippen LogP contribution >= 0.6 is 0 Å². The van der Waals surface area contributed by atoms with Crippen LogP contribution in [0, 0.1) is 5.41 Å². The van der Waals surface area contributed by atoms with Crippen LogP contribution in [0.15, 0.2) is 30.3 Å². The van der Waals surface area contributed by atoms with Crippen LogP contribution in [-0.4, -0.2) is 25.0 Å². The SMILES string of the molecule is CC(C)(C)[C@H](N)C(=O)NCCCNc1ccccc1. The molecule has 0 heterocycles. The minimum absolute atomic E-state index is 0.0767. The summed E-state index contributed by atoms with van der Waals surface area (Å²) in [6.07, 6.45) is 0.873. The van der Waals surface area contributed by atoms with E-state index >= 15 is 0 Å². The van der Waals surface area contributed by atoms with Crippen molar-refractivity contribution < 1.29 is 4.79 Å². The van der Waals surface area contributed by atoms with Crippen LogP contribution in [0.3, 0.4) is 0 Å². The summed E-state index contributed by atoms with van der Waals surface area (Å²) in [6.45, 7) is 7.37. The van der Waals surface area contributed by atoms with Gasteiger partial charge in [0.15, 0.2) is 0 Å². The maximum absolute atomic E-state index is 11.8. The lowest BCUT2D eigenvalue weighted by atomic mass is 9.87. The number of nitrogens with two attached hydrogens (primary N) is 1. The number of carbonyl (C=O) groups excluding carboxylic acids is 1. The molecule has 0 aliphatic heterocycles. The van der Waals surface area contributed by atoms with Gasteiger partial charge in [0.05, 0.1) is 6.04 Å². The predicted molar refractivity (Wildman–Crippen MR) is 80.0 cm³/mol. The van der Waals surface area contributed by atoms with Crippen molar-refractivity contribution in [3.05, 3.63) is 30.3 Å². The number of anilines is 1. The summed E-state index contributed by atoms with van der Waals surface area (Å²) in [5.41, 5.74) is 6.77. The first kappa shape index (κ1) is 15.5. The van der Waals surface area contributed by atoms with E-state index in [1.807, 2.05) is 51.1 Å². The van der Waals surface area contributed by atoms with E-state index in [1.54, 1.807) is 0 Å². The number of nitrogens with one attached hydrogen (secondary N) is 2. The molecule has 1 rings (SSSR count). The molecule has 4 N–H and O–H groups in total. The Morgan fingerprint density at radius 2 is 1.84 bits per heavy atom. The van der Waals surface area contributed by atoms with Crippen molar-refractivity contribution >= 4 is 11.6 Å². The number of para-hydroxylation sites is 1. The average molecular weight is 263 g/mol. The summed E-state index contributed by atoms with van der Waals surface area (Å²) in [5.74, 6) is -0.0767. The summed E-state index contributed by atoms with van der Waals surface area (Å²) in [4.78, 5) is 11.8. The zero-order valence-corrected chi connectivity index (χ0v) is 12.1. The second-order valence-corrected chi connectivity index (χ2v) is 5.78. The third-order valence-corrected chi connectivity index (χ3v) is 2.97. The molecule has 0 aliphatic carbocycles. The quantitative estimate of drug-likeness (QED) is 0.687. The molecule has 1 amide bonds. The van der Waals surface area contributed by atoms with Gasteiger partial charge in [0.2, 0.25) is 5.91 Å². The zero-order valence-electron chi connectivity index (χ0n) is 12.1. The van der Waals surface area contributed by atoms with Gasteiger partial charge in [-0.25, -0.2) is 0 Å². The molecule has 4 nitrogen and oxygen atoms in total. The number of rotatable bonds is 6. The van der Waals surface area contributed by atoms with Gasteiger partial charge in [0.25, 0.3) is 0 Å². The molecule has 0 spiro atoms. The van der Waals surface area contributed by atoms with Crippen LogP contribution in [0.25, 0.3) is 0 Å². The second kappa shape index (κ2) is 7.14. The lowest BCUT2D eigenvalue weighted by Gasteiger charge is -2.25. The molecule has 0 unspecified atom stereocenters. The van der Waals surface area contributed by atoms with E-state index in [-0.39, 0.29) is 11.3 Å². The van der Waals surface area contributed by atoms with Crippen LogP contribution in [0.2, 0.25) is 0 Å². The van der Waals surface area contributed by atoms with E-state index < -0.39 is 6.04 Å². The van der Waals surface area contributed by atoms with Gasteiger partial charge in [-0.1, -0.05) is 39.0 Å². The Bertz CT molecular complexity index is 384. The highest BCUT2D eigenvalue weighted by molar-refractivity contribution is 5.82. The highest BCUT2D eigenvalue weighted by atomic mass is 16.2. The first-order valence-corrected chi connectivity index (χ1v) is 6.73. The molecule has 19 heavy (non-hydrogen) atoms. The Kier molecular flexibility index (Phi) is 5.83. The van der Waals surface area contributed by atoms with Gasteiger partial charge in [0.1, 0.15) is 0 Å². The number of hydrogen-bond acceptors (Lipinski definition) is 3. The lowest BCUT2D eigenvalue weighted by molar-refractivity contribution is -0.124. The molecular formula is C15H25N3O. The summed E-state index contributed by atoms with van der Waals surface area (Å²) in [6, 6.07) is 9.55. The molecule has 1 atom stereocenters. The van der Waals surface area contributed by atoms with Crippen LogP contribution in [0.1, 0.15) is 27.2 Å². The van der Waals surface area contributed by atoms with Crippen LogP contribution in [0.5, 0.6) is 0 Å². The van der Waals surface area contributed by atoms with E-state index in [0.717, 1.165) is 18.7 Å². The number of amides is 1. The fourth-order valence-corrected chi connectivity index (χ4v) is 1.59. The summed E-state index contributed by atoms with van der Waals surface area (Å²) in [7, 11) is 0. The summed E-state index contributed by atoms with van der Waals surface area (Å²) in [5, 5.41) is 6.17. The van der Waals surface area contributed by atoms with E-state index in [0.29, 0.717) is 6.54 Å². The number of hydrogen-bond donors (Lipinski definition) is 3. The number of carbonyl (C=O) groups is 1. The van der Waals surface area contributed by atoms with E-state index in [1.165, 1.54) is 0 Å². The van der Waals surface area contributed by atoms with Crippen molar-refractivity contribution in [2.75, 3.05) is 18.4 Å². The molecule has 0 saturated carbocycles. The Balaban J connectivity index is 2.16. The Hall–Kier alpha value is -1.55. The van der Waals surface area contributed by atoms with Crippen molar-refractivity contribution in [1.82, 2.24) is 5.32 Å². The molecule has 0 fully saturated rings. The number of benzene rings is 1. The lowest BCUT2D eigenvalue weighted by Crippen LogP contribution is -2.48. The van der Waals surface area contributed by atoms with Gasteiger partial charge in [-0.05, 0) is 24.0 Å². The molecule has 1 aromatic rings. The molecule has 0 saturated heterocycles. The van der Waals surface area contributed by atoms with E-state index in [4.69, 9.17) is 5.73 Å². The molecule has 0 radical (unpaired) electrons. The maximum Gasteiger partial charge on any atom is 0.237 e. The first-order chi connectivity index (χ1) is 8.91. The van der Waals surface area contributed by atoms with Gasteiger partial charge >= 0.3 is 0 Å². The molecule has 1 aromatic carbocycles. The second-order valence-electron chi connectivity index (χ2n) is 5.78. The third-order valence-electron chi connectivity index (χ3n) is 2.97. The van der Waals surface area contributed by atoms with Gasteiger partial charge in [0, 0.05) is 18.8 Å². The van der Waals surface area contributed by atoms with Crippen LogP contribution < -0.4 is 16.4 Å². The summed E-state index contributed by atoms with van der Waals surface area (Å²) >= 11 is 0. The van der Waals surface area contributed by atoms with Crippen molar-refractivity contribution in [3.8, 4) is 0 Å². The van der Waals surface area contributed by atoms with Crippen molar-refractivity contribution in [2.45, 2.75) is 33.2 Å². The van der Waals surface area contributed by atoms with Gasteiger partial charge < -0.3 is 16.4 Å². The van der Waals surface area contributed by atoms with Crippen molar-refractivity contribution in [1.29, 1.82) is 0 Å². The zero-order chi connectivity index (χ0) is 14.3. The monoisotopic (exact) mass is 263 g/mol. The van der Waals surface area contributed by atoms with Crippen LogP contribution in [0.4, 0.5) is 5.69 Å². The molecule has 106 valence electrons.